The Morgan fingerprint density at radius 2 is 2.00 bits per heavy atom. The molecule has 1 aromatic carbocycles. The van der Waals surface area contributed by atoms with Crippen LogP contribution in [-0.4, -0.2) is 17.6 Å². The first kappa shape index (κ1) is 16.7. The quantitative estimate of drug-likeness (QED) is 0.499. The first-order valence-corrected chi connectivity index (χ1v) is 8.34. The third-order valence-corrected chi connectivity index (χ3v) is 3.79. The summed E-state index contributed by atoms with van der Waals surface area (Å²) in [7, 11) is 0. The van der Waals surface area contributed by atoms with Crippen molar-refractivity contribution in [3.05, 3.63) is 40.8 Å². The van der Waals surface area contributed by atoms with Crippen LogP contribution in [0.3, 0.4) is 0 Å². The second-order valence-corrected chi connectivity index (χ2v) is 5.91. The van der Waals surface area contributed by atoms with Crippen molar-refractivity contribution in [1.29, 1.82) is 0 Å². The Labute approximate surface area is 139 Å². The van der Waals surface area contributed by atoms with Crippen LogP contribution >= 0.6 is 15.9 Å². The molecule has 5 heteroatoms. The number of oxazole rings is 1. The van der Waals surface area contributed by atoms with Crippen molar-refractivity contribution < 1.29 is 13.9 Å². The minimum atomic E-state index is -0.115. The molecule has 1 heterocycles. The Hall–Kier alpha value is -1.62. The zero-order chi connectivity index (χ0) is 15.8. The number of carbonyl (C=O) groups excluding carboxylic acids is 1. The van der Waals surface area contributed by atoms with Crippen molar-refractivity contribution in [2.75, 3.05) is 6.61 Å². The lowest BCUT2D eigenvalue weighted by Gasteiger charge is -2.01. The molecule has 0 aliphatic rings. The van der Waals surface area contributed by atoms with Gasteiger partial charge in [-0.1, -0.05) is 34.5 Å². The van der Waals surface area contributed by atoms with E-state index < -0.39 is 0 Å². The summed E-state index contributed by atoms with van der Waals surface area (Å²) >= 11 is 3.41. The molecule has 0 bridgehead atoms. The summed E-state index contributed by atoms with van der Waals surface area (Å²) in [6.45, 7) is 2.28. The van der Waals surface area contributed by atoms with Gasteiger partial charge in [0.05, 0.1) is 12.8 Å². The molecule has 2 rings (SSSR count). The van der Waals surface area contributed by atoms with E-state index in [1.165, 1.54) is 0 Å². The molecule has 0 amide bonds. The molecule has 0 fully saturated rings. The fourth-order valence-corrected chi connectivity index (χ4v) is 2.39. The maximum Gasteiger partial charge on any atom is 0.305 e. The SMILES string of the molecule is CCOC(=O)CCCCCc1ncc(-c2ccc(Br)cc2)o1. The van der Waals surface area contributed by atoms with Gasteiger partial charge in [-0.3, -0.25) is 4.79 Å². The zero-order valence-corrected chi connectivity index (χ0v) is 14.3. The molecular weight excluding hydrogens is 346 g/mol. The van der Waals surface area contributed by atoms with E-state index in [0.717, 1.165) is 47.4 Å². The van der Waals surface area contributed by atoms with E-state index in [1.54, 1.807) is 6.20 Å². The normalized spacial score (nSPS) is 10.6. The highest BCUT2D eigenvalue weighted by Crippen LogP contribution is 2.23. The highest BCUT2D eigenvalue weighted by atomic mass is 79.9. The van der Waals surface area contributed by atoms with E-state index in [0.29, 0.717) is 13.0 Å². The van der Waals surface area contributed by atoms with Gasteiger partial charge in [-0.05, 0) is 31.9 Å². The van der Waals surface area contributed by atoms with Gasteiger partial charge >= 0.3 is 5.97 Å². The van der Waals surface area contributed by atoms with Gasteiger partial charge in [-0.2, -0.15) is 0 Å². The van der Waals surface area contributed by atoms with Crippen LogP contribution in [-0.2, 0) is 16.0 Å². The minimum absolute atomic E-state index is 0.115. The molecule has 0 atom stereocenters. The number of carbonyl (C=O) groups is 1. The van der Waals surface area contributed by atoms with Crippen LogP contribution < -0.4 is 0 Å². The monoisotopic (exact) mass is 365 g/mol. The number of hydrogen-bond acceptors (Lipinski definition) is 4. The zero-order valence-electron chi connectivity index (χ0n) is 12.7. The van der Waals surface area contributed by atoms with Crippen LogP contribution in [0.2, 0.25) is 0 Å². The third-order valence-electron chi connectivity index (χ3n) is 3.26. The second kappa shape index (κ2) is 8.73. The Bertz CT molecular complexity index is 592. The summed E-state index contributed by atoms with van der Waals surface area (Å²) in [5.41, 5.74) is 1.02. The lowest BCUT2D eigenvalue weighted by molar-refractivity contribution is -0.143. The molecule has 2 aromatic rings. The van der Waals surface area contributed by atoms with Crippen molar-refractivity contribution >= 4 is 21.9 Å². The van der Waals surface area contributed by atoms with Gasteiger partial charge in [-0.25, -0.2) is 4.98 Å². The summed E-state index contributed by atoms with van der Waals surface area (Å²) in [4.78, 5) is 15.5. The average molecular weight is 366 g/mol. The first-order valence-electron chi connectivity index (χ1n) is 7.55. The van der Waals surface area contributed by atoms with Crippen LogP contribution in [0.5, 0.6) is 0 Å². The van der Waals surface area contributed by atoms with Crippen molar-refractivity contribution in [3.8, 4) is 11.3 Å². The van der Waals surface area contributed by atoms with Crippen LogP contribution in [0.25, 0.3) is 11.3 Å². The van der Waals surface area contributed by atoms with Gasteiger partial charge in [0.1, 0.15) is 0 Å². The van der Waals surface area contributed by atoms with Gasteiger partial charge in [0.25, 0.3) is 0 Å². The summed E-state index contributed by atoms with van der Waals surface area (Å²) in [5, 5.41) is 0. The van der Waals surface area contributed by atoms with E-state index in [4.69, 9.17) is 9.15 Å². The fourth-order valence-electron chi connectivity index (χ4n) is 2.13. The van der Waals surface area contributed by atoms with Crippen LogP contribution in [0.1, 0.15) is 38.5 Å². The molecule has 118 valence electrons. The van der Waals surface area contributed by atoms with E-state index in [-0.39, 0.29) is 5.97 Å². The Morgan fingerprint density at radius 1 is 1.23 bits per heavy atom. The number of aromatic nitrogens is 1. The lowest BCUT2D eigenvalue weighted by atomic mass is 10.1. The van der Waals surface area contributed by atoms with Gasteiger partial charge in [0.15, 0.2) is 11.7 Å². The number of unbranched alkanes of at least 4 members (excludes halogenated alkanes) is 2. The van der Waals surface area contributed by atoms with E-state index in [2.05, 4.69) is 20.9 Å². The summed E-state index contributed by atoms with van der Waals surface area (Å²) in [6.07, 6.45) is 5.81. The topological polar surface area (TPSA) is 52.3 Å². The number of halogens is 1. The first-order chi connectivity index (χ1) is 10.7. The Kier molecular flexibility index (Phi) is 6.65. The van der Waals surface area contributed by atoms with E-state index in [1.807, 2.05) is 31.2 Å². The fraction of sp³-hybridized carbons (Fsp3) is 0.412. The van der Waals surface area contributed by atoms with Gasteiger partial charge in [0.2, 0.25) is 0 Å². The molecular formula is C17H20BrNO3. The molecule has 0 aliphatic heterocycles. The van der Waals surface area contributed by atoms with E-state index >= 15 is 0 Å². The number of ether oxygens (including phenoxy) is 1. The standard InChI is InChI=1S/C17H20BrNO3/c1-2-21-17(20)7-5-3-4-6-16-19-12-15(22-16)13-8-10-14(18)11-9-13/h8-12H,2-7H2,1H3. The van der Waals surface area contributed by atoms with Gasteiger partial charge < -0.3 is 9.15 Å². The lowest BCUT2D eigenvalue weighted by Crippen LogP contribution is -2.03. The molecule has 4 nitrogen and oxygen atoms in total. The molecule has 1 aromatic heterocycles. The van der Waals surface area contributed by atoms with Gasteiger partial charge in [-0.15, -0.1) is 0 Å². The average Bonchev–Trinajstić information content (AvgIpc) is 2.97. The molecule has 0 saturated carbocycles. The molecule has 0 saturated heterocycles. The van der Waals surface area contributed by atoms with Gasteiger partial charge in [0, 0.05) is 22.9 Å². The van der Waals surface area contributed by atoms with E-state index in [9.17, 15) is 4.79 Å². The molecule has 22 heavy (non-hydrogen) atoms. The van der Waals surface area contributed by atoms with Crippen molar-refractivity contribution in [2.45, 2.75) is 39.0 Å². The van der Waals surface area contributed by atoms with Crippen molar-refractivity contribution in [3.63, 3.8) is 0 Å². The number of esters is 1. The highest BCUT2D eigenvalue weighted by Gasteiger charge is 2.07. The largest absolute Gasteiger partial charge is 0.466 e. The number of rotatable bonds is 8. The molecule has 0 N–H and O–H groups in total. The number of hydrogen-bond donors (Lipinski definition) is 0. The molecule has 0 radical (unpaired) electrons. The van der Waals surface area contributed by atoms with Crippen LogP contribution in [0.15, 0.2) is 39.4 Å². The highest BCUT2D eigenvalue weighted by molar-refractivity contribution is 9.10. The summed E-state index contributed by atoms with van der Waals surface area (Å²) < 4.78 is 11.7. The predicted molar refractivity (Wildman–Crippen MR) is 88.4 cm³/mol. The molecule has 0 unspecified atom stereocenters. The summed E-state index contributed by atoms with van der Waals surface area (Å²) in [6, 6.07) is 7.95. The third kappa shape index (κ3) is 5.30. The number of nitrogens with zero attached hydrogens (tertiary/aromatic N) is 1. The molecule has 0 aliphatic carbocycles. The second-order valence-electron chi connectivity index (χ2n) is 4.99. The predicted octanol–water partition coefficient (Wildman–Crippen LogP) is 4.77. The summed E-state index contributed by atoms with van der Waals surface area (Å²) in [5.74, 6) is 1.42. The van der Waals surface area contributed by atoms with Crippen molar-refractivity contribution in [1.82, 2.24) is 4.98 Å². The minimum Gasteiger partial charge on any atom is -0.466 e. The van der Waals surface area contributed by atoms with Crippen molar-refractivity contribution in [2.24, 2.45) is 0 Å². The maximum absolute atomic E-state index is 11.2. The number of benzene rings is 1. The number of aryl methyl sites for hydroxylation is 1. The molecule has 0 spiro atoms. The maximum atomic E-state index is 11.2. The van der Waals surface area contributed by atoms with Crippen LogP contribution in [0.4, 0.5) is 0 Å². The van der Waals surface area contributed by atoms with Crippen LogP contribution in [0, 0.1) is 0 Å². The Morgan fingerprint density at radius 3 is 2.73 bits per heavy atom. The Balaban J connectivity index is 1.73. The smallest absolute Gasteiger partial charge is 0.305 e.